The Morgan fingerprint density at radius 2 is 1.81 bits per heavy atom. The zero-order valence-electron chi connectivity index (χ0n) is 11.7. The summed E-state index contributed by atoms with van der Waals surface area (Å²) in [4.78, 5) is 12.0. The molecule has 0 amide bonds. The first-order valence-corrected chi connectivity index (χ1v) is 7.45. The van der Waals surface area contributed by atoms with Gasteiger partial charge >= 0.3 is 5.97 Å². The lowest BCUT2D eigenvalue weighted by Crippen LogP contribution is -1.97. The maximum atomic E-state index is 11.0. The van der Waals surface area contributed by atoms with Crippen LogP contribution in [0.3, 0.4) is 0 Å². The Labute approximate surface area is 127 Å². The van der Waals surface area contributed by atoms with Crippen LogP contribution in [0, 0.1) is 0 Å². The molecular formula is C17H15NO2S. The minimum absolute atomic E-state index is 0.292. The zero-order valence-corrected chi connectivity index (χ0v) is 12.5. The Morgan fingerprint density at radius 1 is 1.10 bits per heavy atom. The van der Waals surface area contributed by atoms with Crippen LogP contribution in [-0.4, -0.2) is 10.5 Å². The predicted molar refractivity (Wildman–Crippen MR) is 85.1 cm³/mol. The highest BCUT2D eigenvalue weighted by molar-refractivity contribution is 7.95. The molecule has 0 bridgehead atoms. The molecule has 1 heterocycles. The number of carbonyl (C=O) groups is 1. The molecule has 0 unspecified atom stereocenters. The lowest BCUT2D eigenvalue weighted by atomic mass is 10.2. The van der Waals surface area contributed by atoms with Crippen molar-refractivity contribution in [2.24, 2.45) is 0 Å². The molecule has 21 heavy (non-hydrogen) atoms. The van der Waals surface area contributed by atoms with Gasteiger partial charge in [-0.2, -0.15) is 0 Å². The third-order valence-electron chi connectivity index (χ3n) is 3.20. The summed E-state index contributed by atoms with van der Waals surface area (Å²) in [5, 5.41) is 1.10. The van der Waals surface area contributed by atoms with E-state index in [2.05, 4.69) is 22.8 Å². The SMILES string of the molecule is CC(=O)OSc1cn(Cc2ccccc2)c2ccccc12. The summed E-state index contributed by atoms with van der Waals surface area (Å²) in [5.74, 6) is -0.292. The monoisotopic (exact) mass is 297 g/mol. The lowest BCUT2D eigenvalue weighted by molar-refractivity contribution is -0.130. The number of benzene rings is 2. The zero-order chi connectivity index (χ0) is 14.7. The van der Waals surface area contributed by atoms with E-state index < -0.39 is 0 Å². The quantitative estimate of drug-likeness (QED) is 0.674. The molecular weight excluding hydrogens is 282 g/mol. The van der Waals surface area contributed by atoms with Crippen molar-refractivity contribution in [1.82, 2.24) is 4.57 Å². The number of nitrogens with zero attached hydrogens (tertiary/aromatic N) is 1. The lowest BCUT2D eigenvalue weighted by Gasteiger charge is -2.04. The summed E-state index contributed by atoms with van der Waals surface area (Å²) in [7, 11) is 0. The van der Waals surface area contributed by atoms with E-state index in [1.54, 1.807) is 0 Å². The molecule has 3 nitrogen and oxygen atoms in total. The molecule has 2 aromatic carbocycles. The van der Waals surface area contributed by atoms with Gasteiger partial charge in [-0.25, -0.2) is 0 Å². The maximum Gasteiger partial charge on any atom is 0.315 e. The van der Waals surface area contributed by atoms with E-state index in [0.29, 0.717) is 0 Å². The van der Waals surface area contributed by atoms with Gasteiger partial charge in [-0.05, 0) is 11.6 Å². The van der Waals surface area contributed by atoms with E-state index >= 15 is 0 Å². The average molecular weight is 297 g/mol. The Morgan fingerprint density at radius 3 is 2.57 bits per heavy atom. The third-order valence-corrected chi connectivity index (χ3v) is 4.02. The number of para-hydroxylation sites is 1. The minimum atomic E-state index is -0.292. The van der Waals surface area contributed by atoms with Gasteiger partial charge in [-0.3, -0.25) is 4.79 Å². The van der Waals surface area contributed by atoms with Crippen LogP contribution in [-0.2, 0) is 15.5 Å². The fourth-order valence-electron chi connectivity index (χ4n) is 2.29. The van der Waals surface area contributed by atoms with E-state index in [9.17, 15) is 4.79 Å². The van der Waals surface area contributed by atoms with Gasteiger partial charge in [-0.1, -0.05) is 48.5 Å². The van der Waals surface area contributed by atoms with Crippen molar-refractivity contribution in [2.75, 3.05) is 0 Å². The molecule has 106 valence electrons. The van der Waals surface area contributed by atoms with Crippen LogP contribution in [0.1, 0.15) is 12.5 Å². The molecule has 0 saturated carbocycles. The number of aromatic nitrogens is 1. The second-order valence-electron chi connectivity index (χ2n) is 4.78. The number of carbonyl (C=O) groups excluding carboxylic acids is 1. The van der Waals surface area contributed by atoms with E-state index in [0.717, 1.165) is 34.4 Å². The average Bonchev–Trinajstić information content (AvgIpc) is 2.85. The predicted octanol–water partition coefficient (Wildman–Crippen LogP) is 4.26. The maximum absolute atomic E-state index is 11.0. The normalized spacial score (nSPS) is 10.7. The van der Waals surface area contributed by atoms with Crippen LogP contribution in [0.4, 0.5) is 0 Å². The first-order chi connectivity index (χ1) is 10.2. The van der Waals surface area contributed by atoms with Crippen LogP contribution in [0.2, 0.25) is 0 Å². The summed E-state index contributed by atoms with van der Waals surface area (Å²) in [5.41, 5.74) is 2.37. The van der Waals surface area contributed by atoms with Crippen LogP contribution in [0.15, 0.2) is 65.7 Å². The highest BCUT2D eigenvalue weighted by Crippen LogP contribution is 2.31. The number of rotatable bonds is 4. The Bertz CT molecular complexity index is 765. The van der Waals surface area contributed by atoms with E-state index in [1.165, 1.54) is 12.5 Å². The highest BCUT2D eigenvalue weighted by Gasteiger charge is 2.10. The highest BCUT2D eigenvalue weighted by atomic mass is 32.2. The third kappa shape index (κ3) is 3.11. The topological polar surface area (TPSA) is 31.2 Å². The summed E-state index contributed by atoms with van der Waals surface area (Å²) < 4.78 is 7.24. The molecule has 3 aromatic rings. The Kier molecular flexibility index (Phi) is 3.97. The second kappa shape index (κ2) is 6.06. The van der Waals surface area contributed by atoms with Crippen molar-refractivity contribution in [1.29, 1.82) is 0 Å². The fraction of sp³-hybridized carbons (Fsp3) is 0.118. The van der Waals surface area contributed by atoms with Gasteiger partial charge < -0.3 is 8.75 Å². The van der Waals surface area contributed by atoms with Crippen LogP contribution in [0.5, 0.6) is 0 Å². The van der Waals surface area contributed by atoms with Gasteiger partial charge in [0.25, 0.3) is 0 Å². The Balaban J connectivity index is 1.96. The van der Waals surface area contributed by atoms with Crippen molar-refractivity contribution >= 4 is 28.9 Å². The summed E-state index contributed by atoms with van der Waals surface area (Å²) in [6, 6.07) is 18.4. The second-order valence-corrected chi connectivity index (χ2v) is 5.56. The molecule has 0 saturated heterocycles. The van der Waals surface area contributed by atoms with Gasteiger partial charge in [0.05, 0.1) is 16.9 Å². The molecule has 0 aliphatic rings. The van der Waals surface area contributed by atoms with Gasteiger partial charge in [0.2, 0.25) is 0 Å². The smallest absolute Gasteiger partial charge is 0.315 e. The number of fused-ring (bicyclic) bond motifs is 1. The largest absolute Gasteiger partial charge is 0.386 e. The summed E-state index contributed by atoms with van der Waals surface area (Å²) in [6.45, 7) is 2.21. The van der Waals surface area contributed by atoms with Crippen molar-refractivity contribution in [3.8, 4) is 0 Å². The molecule has 1 aromatic heterocycles. The van der Waals surface area contributed by atoms with Gasteiger partial charge in [0.1, 0.15) is 0 Å². The van der Waals surface area contributed by atoms with E-state index in [1.807, 2.05) is 42.6 Å². The number of hydrogen-bond donors (Lipinski definition) is 0. The number of hydrogen-bond acceptors (Lipinski definition) is 3. The molecule has 0 radical (unpaired) electrons. The van der Waals surface area contributed by atoms with Crippen molar-refractivity contribution in [3.05, 3.63) is 66.4 Å². The minimum Gasteiger partial charge on any atom is -0.386 e. The summed E-state index contributed by atoms with van der Waals surface area (Å²) in [6.07, 6.45) is 2.03. The Hall–Kier alpha value is -2.20. The summed E-state index contributed by atoms with van der Waals surface area (Å²) >= 11 is 1.12. The molecule has 0 spiro atoms. The van der Waals surface area contributed by atoms with Crippen molar-refractivity contribution in [3.63, 3.8) is 0 Å². The molecule has 0 aliphatic carbocycles. The molecule has 0 N–H and O–H groups in total. The van der Waals surface area contributed by atoms with Gasteiger partial charge in [0, 0.05) is 30.6 Å². The van der Waals surface area contributed by atoms with Gasteiger partial charge in [0.15, 0.2) is 0 Å². The molecule has 0 fully saturated rings. The van der Waals surface area contributed by atoms with Crippen LogP contribution < -0.4 is 0 Å². The van der Waals surface area contributed by atoms with Crippen molar-refractivity contribution in [2.45, 2.75) is 18.4 Å². The van der Waals surface area contributed by atoms with Crippen LogP contribution >= 0.6 is 12.0 Å². The molecule has 3 rings (SSSR count). The van der Waals surface area contributed by atoms with E-state index in [-0.39, 0.29) is 5.97 Å². The first-order valence-electron chi connectivity index (χ1n) is 6.71. The van der Waals surface area contributed by atoms with Crippen LogP contribution in [0.25, 0.3) is 10.9 Å². The first kappa shape index (κ1) is 13.8. The van der Waals surface area contributed by atoms with Crippen molar-refractivity contribution < 1.29 is 8.98 Å². The molecule has 0 atom stereocenters. The van der Waals surface area contributed by atoms with Gasteiger partial charge in [-0.15, -0.1) is 0 Å². The molecule has 4 heteroatoms. The molecule has 0 aliphatic heterocycles. The standard InChI is InChI=1S/C17H15NO2S/c1-13(19)20-21-17-12-18(11-14-7-3-2-4-8-14)16-10-6-5-9-15(16)17/h2-10,12H,11H2,1H3. The fourth-order valence-corrected chi connectivity index (χ4v) is 2.93. The van der Waals surface area contributed by atoms with E-state index in [4.69, 9.17) is 4.18 Å².